The van der Waals surface area contributed by atoms with Gasteiger partial charge < -0.3 is 19.4 Å². The van der Waals surface area contributed by atoms with Crippen molar-refractivity contribution in [2.45, 2.75) is 76.9 Å². The molecule has 1 saturated carbocycles. The molecule has 9 rings (SSSR count). The van der Waals surface area contributed by atoms with Crippen LogP contribution in [0.15, 0.2) is 37.1 Å². The Morgan fingerprint density at radius 2 is 1.76 bits per heavy atom. The zero-order valence-corrected chi connectivity index (χ0v) is 31.2. The highest BCUT2D eigenvalue weighted by Gasteiger charge is 2.47. The summed E-state index contributed by atoms with van der Waals surface area (Å²) in [6.07, 6.45) is 5.46. The number of benzene rings is 2. The number of piperidine rings is 2. The van der Waals surface area contributed by atoms with Gasteiger partial charge in [0.05, 0.1) is 11.7 Å². The zero-order chi connectivity index (χ0) is 37.4. The minimum Gasteiger partial charge on any atom is -0.481 e. The third kappa shape index (κ3) is 6.45. The Morgan fingerprint density at radius 1 is 1.00 bits per heavy atom. The number of nitrogens with one attached hydrogen (secondary N) is 1. The van der Waals surface area contributed by atoms with E-state index in [2.05, 4.69) is 44.5 Å². The number of aromatic amines is 1. The molecule has 13 heteroatoms. The second-order valence-electron chi connectivity index (χ2n) is 16.7. The zero-order valence-electron chi connectivity index (χ0n) is 31.2. The Hall–Kier alpha value is -4.39. The molecule has 4 saturated heterocycles. The van der Waals surface area contributed by atoms with Gasteiger partial charge in [0.25, 0.3) is 0 Å². The summed E-state index contributed by atoms with van der Waals surface area (Å²) in [6, 6.07) is 6.60. The van der Waals surface area contributed by atoms with Gasteiger partial charge in [0.1, 0.15) is 11.3 Å². The first-order chi connectivity index (χ1) is 26.0. The van der Waals surface area contributed by atoms with Crippen molar-refractivity contribution in [3.63, 3.8) is 0 Å². The number of H-pyrrole nitrogens is 1. The number of aromatic nitrogens is 4. The molecule has 2 aromatic carbocycles. The number of likely N-dealkylation sites (tertiary alicyclic amines) is 2. The SMILES string of the molecule is C=CC(=O)N1CC2(CCN(c3nc(N4CCC(N5CC[C@H](C)C5)CC4)nc4c(OCC(F)(F)F)c(-c5c(C)ccc6[nH]ncc56)c(C5CC5)cc34)CC2)C1. The van der Waals surface area contributed by atoms with Crippen molar-refractivity contribution in [2.75, 3.05) is 68.8 Å². The van der Waals surface area contributed by atoms with Crippen LogP contribution in [-0.4, -0.2) is 107 Å². The number of alkyl halides is 3. The normalized spacial score (nSPS) is 22.4. The molecule has 2 aromatic heterocycles. The van der Waals surface area contributed by atoms with E-state index in [1.54, 1.807) is 6.20 Å². The number of nitrogens with zero attached hydrogens (tertiary/aromatic N) is 7. The van der Waals surface area contributed by atoms with E-state index >= 15 is 0 Å². The Labute approximate surface area is 313 Å². The molecule has 1 N–H and O–H groups in total. The quantitative estimate of drug-likeness (QED) is 0.189. The van der Waals surface area contributed by atoms with Crippen molar-refractivity contribution in [3.8, 4) is 16.9 Å². The number of amides is 1. The first-order valence-corrected chi connectivity index (χ1v) is 19.7. The lowest BCUT2D eigenvalue weighted by Crippen LogP contribution is -2.61. The predicted octanol–water partition coefficient (Wildman–Crippen LogP) is 7.23. The van der Waals surface area contributed by atoms with Gasteiger partial charge in [-0.2, -0.15) is 23.3 Å². The summed E-state index contributed by atoms with van der Waals surface area (Å²) in [5.41, 5.74) is 4.69. The molecule has 0 bridgehead atoms. The largest absolute Gasteiger partial charge is 0.481 e. The maximum Gasteiger partial charge on any atom is 0.422 e. The smallest absolute Gasteiger partial charge is 0.422 e. The number of carbonyl (C=O) groups is 1. The standard InChI is InChI=1S/C41H49F3N8O2/c1-4-33(53)52-22-40(23-52)12-17-49(18-13-40)38-30-19-29(27-6-7-27)35(34-26(3)5-8-32-31(34)20-45-48-32)37(54-24-41(42,43)44)36(30)46-39(47-38)50-15-10-28(11-16-50)51-14-9-25(2)21-51/h4-5,8,19-20,25,27-28H,1,6-7,9-18,21-24H2,2-3H3,(H,45,48)/t25-/m0/s1. The lowest BCUT2D eigenvalue weighted by Gasteiger charge is -2.54. The second kappa shape index (κ2) is 13.4. The van der Waals surface area contributed by atoms with Crippen LogP contribution < -0.4 is 14.5 Å². The molecule has 1 atom stereocenters. The van der Waals surface area contributed by atoms with Crippen LogP contribution in [0.5, 0.6) is 5.75 Å². The number of hydrogen-bond donors (Lipinski definition) is 1. The summed E-state index contributed by atoms with van der Waals surface area (Å²) >= 11 is 0. The van der Waals surface area contributed by atoms with E-state index in [0.29, 0.717) is 29.0 Å². The fourth-order valence-electron chi connectivity index (χ4n) is 9.63. The molecule has 54 heavy (non-hydrogen) atoms. The van der Waals surface area contributed by atoms with Gasteiger partial charge in [0.2, 0.25) is 11.9 Å². The number of hydrogen-bond acceptors (Lipinski definition) is 8. The van der Waals surface area contributed by atoms with Crippen molar-refractivity contribution >= 4 is 39.5 Å². The summed E-state index contributed by atoms with van der Waals surface area (Å²) < 4.78 is 48.5. The fraction of sp³-hybridized carbons (Fsp3) is 0.561. The Morgan fingerprint density at radius 3 is 2.43 bits per heavy atom. The highest BCUT2D eigenvalue weighted by atomic mass is 19.4. The van der Waals surface area contributed by atoms with Crippen LogP contribution in [0.2, 0.25) is 0 Å². The molecule has 0 unspecified atom stereocenters. The summed E-state index contributed by atoms with van der Waals surface area (Å²) in [4.78, 5) is 31.8. The Kier molecular flexibility index (Phi) is 8.78. The molecule has 1 spiro atoms. The molecule has 6 heterocycles. The summed E-state index contributed by atoms with van der Waals surface area (Å²) in [5, 5.41) is 8.93. The van der Waals surface area contributed by atoms with E-state index in [4.69, 9.17) is 14.7 Å². The number of halogens is 3. The average molecular weight is 743 g/mol. The lowest BCUT2D eigenvalue weighted by molar-refractivity contribution is -0.153. The fourth-order valence-corrected chi connectivity index (χ4v) is 9.63. The van der Waals surface area contributed by atoms with Crippen molar-refractivity contribution in [1.82, 2.24) is 30.0 Å². The molecule has 4 aromatic rings. The highest BCUT2D eigenvalue weighted by molar-refractivity contribution is 6.06. The van der Waals surface area contributed by atoms with E-state index in [1.165, 1.54) is 12.5 Å². The van der Waals surface area contributed by atoms with Crippen molar-refractivity contribution in [3.05, 3.63) is 48.2 Å². The van der Waals surface area contributed by atoms with Gasteiger partial charge in [-0.05, 0) is 105 Å². The van der Waals surface area contributed by atoms with Crippen LogP contribution >= 0.6 is 0 Å². The first-order valence-electron chi connectivity index (χ1n) is 19.7. The van der Waals surface area contributed by atoms with Crippen LogP contribution in [0.4, 0.5) is 24.9 Å². The van der Waals surface area contributed by atoms with Gasteiger partial charge in [-0.3, -0.25) is 14.8 Å². The minimum atomic E-state index is -4.55. The van der Waals surface area contributed by atoms with E-state index < -0.39 is 12.8 Å². The third-order valence-electron chi connectivity index (χ3n) is 12.8. The van der Waals surface area contributed by atoms with Crippen molar-refractivity contribution in [1.29, 1.82) is 0 Å². The van der Waals surface area contributed by atoms with E-state index in [-0.39, 0.29) is 23.0 Å². The van der Waals surface area contributed by atoms with Crippen LogP contribution in [0.25, 0.3) is 32.9 Å². The average Bonchev–Trinajstić information content (AvgIpc) is 3.73. The van der Waals surface area contributed by atoms with Crippen molar-refractivity contribution in [2.24, 2.45) is 11.3 Å². The van der Waals surface area contributed by atoms with Gasteiger partial charge in [-0.25, -0.2) is 4.98 Å². The molecule has 5 aliphatic rings. The lowest BCUT2D eigenvalue weighted by atomic mass is 9.72. The monoisotopic (exact) mass is 742 g/mol. The number of aryl methyl sites for hydroxylation is 1. The molecule has 10 nitrogen and oxygen atoms in total. The van der Waals surface area contributed by atoms with Crippen LogP contribution in [0.1, 0.15) is 68.9 Å². The van der Waals surface area contributed by atoms with E-state index in [0.717, 1.165) is 130 Å². The second-order valence-corrected chi connectivity index (χ2v) is 16.7. The number of anilines is 2. The number of rotatable bonds is 8. The molecule has 286 valence electrons. The van der Waals surface area contributed by atoms with Crippen LogP contribution in [0, 0.1) is 18.3 Å². The van der Waals surface area contributed by atoms with Crippen LogP contribution in [0.3, 0.4) is 0 Å². The summed E-state index contributed by atoms with van der Waals surface area (Å²) in [5.74, 6) is 2.32. The Balaban J connectivity index is 1.17. The Bertz CT molecular complexity index is 2090. The van der Waals surface area contributed by atoms with Gasteiger partial charge >= 0.3 is 6.18 Å². The molecule has 5 fully saturated rings. The summed E-state index contributed by atoms with van der Waals surface area (Å²) in [6.45, 7) is 13.2. The predicted molar refractivity (Wildman–Crippen MR) is 204 cm³/mol. The molecule has 1 aliphatic carbocycles. The summed E-state index contributed by atoms with van der Waals surface area (Å²) in [7, 11) is 0. The van der Waals surface area contributed by atoms with Crippen LogP contribution in [-0.2, 0) is 4.79 Å². The molecular formula is C41H49F3N8O2. The number of carbonyl (C=O) groups excluding carboxylic acids is 1. The van der Waals surface area contributed by atoms with E-state index in [1.807, 2.05) is 24.0 Å². The maximum atomic E-state index is 14.1. The topological polar surface area (TPSA) is 93.7 Å². The number of fused-ring (bicyclic) bond motifs is 2. The molecule has 4 aliphatic heterocycles. The van der Waals surface area contributed by atoms with Gasteiger partial charge in [0, 0.05) is 73.6 Å². The highest BCUT2D eigenvalue weighted by Crippen LogP contribution is 2.53. The first kappa shape index (κ1) is 35.3. The van der Waals surface area contributed by atoms with E-state index in [9.17, 15) is 18.0 Å². The maximum absolute atomic E-state index is 14.1. The minimum absolute atomic E-state index is 0.0337. The number of ether oxygens (including phenoxy) is 1. The molecular weight excluding hydrogens is 693 g/mol. The van der Waals surface area contributed by atoms with Gasteiger partial charge in [-0.1, -0.05) is 19.6 Å². The van der Waals surface area contributed by atoms with Gasteiger partial charge in [0.15, 0.2) is 12.4 Å². The third-order valence-corrected chi connectivity index (χ3v) is 12.8. The van der Waals surface area contributed by atoms with Gasteiger partial charge in [-0.15, -0.1) is 0 Å². The molecule has 1 amide bonds. The van der Waals surface area contributed by atoms with Crippen molar-refractivity contribution < 1.29 is 22.7 Å². The molecule has 0 radical (unpaired) electrons.